The number of aromatic nitrogens is 4. The van der Waals surface area contributed by atoms with Crippen LogP contribution in [-0.2, 0) is 13.6 Å². The van der Waals surface area contributed by atoms with E-state index in [0.29, 0.717) is 35.0 Å². The first-order chi connectivity index (χ1) is 15.3. The molecule has 0 bridgehead atoms. The molecule has 1 aliphatic rings. The number of fused-ring (bicyclic) bond motifs is 1. The summed E-state index contributed by atoms with van der Waals surface area (Å²) >= 11 is 1.40. The molecule has 0 aliphatic carbocycles. The number of para-hydroxylation sites is 2. The molecule has 0 saturated heterocycles. The zero-order valence-electron chi connectivity index (χ0n) is 19.3. The van der Waals surface area contributed by atoms with Gasteiger partial charge in [-0.25, -0.2) is 0 Å². The first-order valence-corrected chi connectivity index (χ1v) is 11.9. The zero-order chi connectivity index (χ0) is 22.8. The Morgan fingerprint density at radius 1 is 1.22 bits per heavy atom. The number of rotatable bonds is 8. The minimum atomic E-state index is -0.340. The van der Waals surface area contributed by atoms with Gasteiger partial charge in [0.15, 0.2) is 34.4 Å². The maximum Gasteiger partial charge on any atom is 0.192 e. The van der Waals surface area contributed by atoms with Gasteiger partial charge in [-0.05, 0) is 44.4 Å². The highest BCUT2D eigenvalue weighted by molar-refractivity contribution is 7.99. The van der Waals surface area contributed by atoms with E-state index in [1.165, 1.54) is 11.8 Å². The molecule has 0 amide bonds. The molecule has 3 aromatic rings. The molecular weight excluding hydrogens is 424 g/mol. The van der Waals surface area contributed by atoms with Crippen molar-refractivity contribution in [2.45, 2.75) is 51.9 Å². The van der Waals surface area contributed by atoms with Crippen LogP contribution in [0.4, 0.5) is 0 Å². The lowest BCUT2D eigenvalue weighted by Crippen LogP contribution is -2.24. The van der Waals surface area contributed by atoms with E-state index in [4.69, 9.17) is 9.47 Å². The van der Waals surface area contributed by atoms with Crippen LogP contribution in [0.3, 0.4) is 0 Å². The van der Waals surface area contributed by atoms with Crippen LogP contribution in [0, 0.1) is 19.8 Å². The fraction of sp³-hybridized carbons (Fsp3) is 0.458. The molecule has 2 aromatic heterocycles. The van der Waals surface area contributed by atoms with E-state index in [2.05, 4.69) is 35.5 Å². The number of hydrogen-bond acceptors (Lipinski definition) is 6. The van der Waals surface area contributed by atoms with Crippen LogP contribution < -0.4 is 9.47 Å². The lowest BCUT2D eigenvalue weighted by Gasteiger charge is -2.25. The Morgan fingerprint density at radius 2 is 1.97 bits per heavy atom. The molecule has 170 valence electrons. The summed E-state index contributed by atoms with van der Waals surface area (Å²) in [6, 6.07) is 9.59. The second-order valence-corrected chi connectivity index (χ2v) is 9.54. The third-order valence-electron chi connectivity index (χ3n) is 5.80. The van der Waals surface area contributed by atoms with Crippen LogP contribution >= 0.6 is 11.8 Å². The van der Waals surface area contributed by atoms with Gasteiger partial charge in [0, 0.05) is 30.5 Å². The first-order valence-electron chi connectivity index (χ1n) is 11.0. The molecule has 7 nitrogen and oxygen atoms in total. The summed E-state index contributed by atoms with van der Waals surface area (Å²) < 4.78 is 16.0. The number of thioether (sulfide) groups is 1. The lowest BCUT2D eigenvalue weighted by atomic mass is 10.1. The molecule has 8 heteroatoms. The number of nitrogens with zero attached hydrogens (tertiary/aromatic N) is 4. The van der Waals surface area contributed by atoms with Gasteiger partial charge >= 0.3 is 0 Å². The van der Waals surface area contributed by atoms with Gasteiger partial charge in [0.2, 0.25) is 0 Å². The van der Waals surface area contributed by atoms with Crippen LogP contribution in [0.15, 0.2) is 35.5 Å². The number of benzene rings is 1. The van der Waals surface area contributed by atoms with E-state index in [9.17, 15) is 4.79 Å². The third-order valence-corrected chi connectivity index (χ3v) is 6.82. The predicted octanol–water partition coefficient (Wildman–Crippen LogP) is 4.77. The van der Waals surface area contributed by atoms with Gasteiger partial charge in [-0.2, -0.15) is 0 Å². The van der Waals surface area contributed by atoms with Gasteiger partial charge in [-0.1, -0.05) is 37.7 Å². The van der Waals surface area contributed by atoms with E-state index >= 15 is 0 Å². The molecule has 0 spiro atoms. The number of ketones is 1. The Morgan fingerprint density at radius 3 is 2.72 bits per heavy atom. The predicted molar refractivity (Wildman–Crippen MR) is 125 cm³/mol. The van der Waals surface area contributed by atoms with Crippen molar-refractivity contribution < 1.29 is 14.3 Å². The quantitative estimate of drug-likeness (QED) is 0.361. The topological polar surface area (TPSA) is 71.2 Å². The SMILES string of the molecule is Cc1cc(C(=O)CSc2nnc(C3COc4ccccc4O3)n2C)c(C)n1CCC(C)C. The summed E-state index contributed by atoms with van der Waals surface area (Å²) in [5.74, 6) is 3.16. The number of aryl methyl sites for hydroxylation is 1. The van der Waals surface area contributed by atoms with Crippen LogP contribution in [0.1, 0.15) is 53.9 Å². The highest BCUT2D eigenvalue weighted by atomic mass is 32.2. The largest absolute Gasteiger partial charge is 0.485 e. The van der Waals surface area contributed by atoms with Crippen LogP contribution in [0.25, 0.3) is 0 Å². The molecule has 0 N–H and O–H groups in total. The Labute approximate surface area is 193 Å². The number of carbonyl (C=O) groups is 1. The number of ether oxygens (including phenoxy) is 2. The Hall–Kier alpha value is -2.74. The van der Waals surface area contributed by atoms with Crippen molar-refractivity contribution in [1.82, 2.24) is 19.3 Å². The Kier molecular flexibility index (Phi) is 6.60. The van der Waals surface area contributed by atoms with Gasteiger partial charge in [0.1, 0.15) is 6.61 Å². The van der Waals surface area contributed by atoms with Crippen molar-refractivity contribution in [2.24, 2.45) is 13.0 Å². The van der Waals surface area contributed by atoms with E-state index < -0.39 is 0 Å². The van der Waals surface area contributed by atoms with Crippen LogP contribution in [-0.4, -0.2) is 37.5 Å². The fourth-order valence-corrected chi connectivity index (χ4v) is 4.70. The number of carbonyl (C=O) groups excluding carboxylic acids is 1. The minimum Gasteiger partial charge on any atom is -0.485 e. The number of Topliss-reactive ketones (excluding diaryl/α,β-unsaturated/α-hetero) is 1. The summed E-state index contributed by atoms with van der Waals surface area (Å²) in [6.07, 6.45) is 0.755. The lowest BCUT2D eigenvalue weighted by molar-refractivity contribution is 0.0825. The molecule has 1 aromatic carbocycles. The van der Waals surface area contributed by atoms with E-state index in [0.717, 1.165) is 35.7 Å². The van der Waals surface area contributed by atoms with Crippen molar-refractivity contribution in [3.8, 4) is 11.5 Å². The van der Waals surface area contributed by atoms with E-state index in [1.807, 2.05) is 48.9 Å². The molecule has 32 heavy (non-hydrogen) atoms. The van der Waals surface area contributed by atoms with Crippen molar-refractivity contribution >= 4 is 17.5 Å². The second-order valence-electron chi connectivity index (χ2n) is 8.59. The van der Waals surface area contributed by atoms with Crippen molar-refractivity contribution in [2.75, 3.05) is 12.4 Å². The Bertz CT molecular complexity index is 1120. The van der Waals surface area contributed by atoms with E-state index in [1.54, 1.807) is 0 Å². The van der Waals surface area contributed by atoms with Gasteiger partial charge in [0.25, 0.3) is 0 Å². The third kappa shape index (κ3) is 4.55. The summed E-state index contributed by atoms with van der Waals surface area (Å²) in [7, 11) is 1.89. The fourth-order valence-electron chi connectivity index (χ4n) is 3.90. The number of hydrogen-bond donors (Lipinski definition) is 0. The smallest absolute Gasteiger partial charge is 0.192 e. The minimum absolute atomic E-state index is 0.106. The molecule has 1 aliphatic heterocycles. The maximum atomic E-state index is 13.0. The molecule has 1 atom stereocenters. The summed E-state index contributed by atoms with van der Waals surface area (Å²) in [5, 5.41) is 9.29. The molecule has 0 fully saturated rings. The average molecular weight is 455 g/mol. The highest BCUT2D eigenvalue weighted by Crippen LogP contribution is 2.35. The van der Waals surface area contributed by atoms with Crippen LogP contribution in [0.2, 0.25) is 0 Å². The molecule has 0 radical (unpaired) electrons. The van der Waals surface area contributed by atoms with Crippen molar-refractivity contribution in [1.29, 1.82) is 0 Å². The summed E-state index contributed by atoms with van der Waals surface area (Å²) in [4.78, 5) is 13.0. The zero-order valence-corrected chi connectivity index (χ0v) is 20.1. The molecule has 4 rings (SSSR count). The Balaban J connectivity index is 1.42. The van der Waals surface area contributed by atoms with Gasteiger partial charge < -0.3 is 18.6 Å². The monoisotopic (exact) mass is 454 g/mol. The summed E-state index contributed by atoms with van der Waals surface area (Å²) in [5.41, 5.74) is 2.97. The van der Waals surface area contributed by atoms with Gasteiger partial charge in [-0.3, -0.25) is 4.79 Å². The maximum absolute atomic E-state index is 13.0. The average Bonchev–Trinajstić information content (AvgIpc) is 3.28. The first kappa shape index (κ1) is 22.5. The van der Waals surface area contributed by atoms with Gasteiger partial charge in [0.05, 0.1) is 5.75 Å². The normalized spacial score (nSPS) is 15.4. The van der Waals surface area contributed by atoms with E-state index in [-0.39, 0.29) is 11.9 Å². The molecular formula is C24H30N4O3S. The highest BCUT2D eigenvalue weighted by Gasteiger charge is 2.27. The molecule has 0 saturated carbocycles. The molecule has 1 unspecified atom stereocenters. The van der Waals surface area contributed by atoms with Gasteiger partial charge in [-0.15, -0.1) is 10.2 Å². The molecule has 3 heterocycles. The standard InChI is InChI=1S/C24H30N4O3S/c1-15(2)10-11-28-16(3)12-18(17(28)4)19(29)14-32-24-26-25-23(27(24)5)22-13-30-20-8-6-7-9-21(20)31-22/h6-9,12,15,22H,10-11,13-14H2,1-5H3. The second kappa shape index (κ2) is 9.40. The van der Waals surface area contributed by atoms with Crippen molar-refractivity contribution in [3.63, 3.8) is 0 Å². The van der Waals surface area contributed by atoms with Crippen molar-refractivity contribution in [3.05, 3.63) is 53.1 Å². The van der Waals surface area contributed by atoms with Crippen LogP contribution in [0.5, 0.6) is 11.5 Å². The summed E-state index contributed by atoms with van der Waals surface area (Å²) in [6.45, 7) is 9.84.